The largest absolute Gasteiger partial charge is 0.458 e. The van der Waals surface area contributed by atoms with Gasteiger partial charge in [0.1, 0.15) is 16.9 Å². The van der Waals surface area contributed by atoms with E-state index in [4.69, 9.17) is 8.83 Å². The molecule has 3 aliphatic rings. The number of benzene rings is 9. The van der Waals surface area contributed by atoms with E-state index < -0.39 is 0 Å². The number of rotatable bonds is 6. The molecule has 5 aromatic heterocycles. The van der Waals surface area contributed by atoms with Crippen LogP contribution in [0.3, 0.4) is 0 Å². The van der Waals surface area contributed by atoms with Crippen LogP contribution in [-0.4, -0.2) is 8.97 Å². The van der Waals surface area contributed by atoms with Crippen LogP contribution in [0.5, 0.6) is 0 Å². The summed E-state index contributed by atoms with van der Waals surface area (Å²) in [5.41, 5.74) is 20.3. The van der Waals surface area contributed by atoms with Crippen LogP contribution < -0.4 is 9.80 Å². The van der Waals surface area contributed by atoms with Crippen molar-refractivity contribution in [1.82, 2.24) is 8.97 Å². The molecule has 2 unspecified atom stereocenters. The third-order valence-corrected chi connectivity index (χ3v) is 18.6. The predicted molar refractivity (Wildman–Crippen MR) is 340 cm³/mol. The van der Waals surface area contributed by atoms with Crippen LogP contribution in [0.15, 0.2) is 209 Å². The fraction of sp³-hybridized carbons (Fsp3) is 0.173. The van der Waals surface area contributed by atoms with Gasteiger partial charge in [0.25, 0.3) is 0 Å². The van der Waals surface area contributed by atoms with Gasteiger partial charge in [-0.25, -0.2) is 0 Å². The Labute approximate surface area is 470 Å². The highest BCUT2D eigenvalue weighted by Gasteiger charge is 2.45. The summed E-state index contributed by atoms with van der Waals surface area (Å²) >= 11 is 0. The number of anilines is 5. The molecule has 6 heterocycles. The third-order valence-electron chi connectivity index (χ3n) is 18.6. The van der Waals surface area contributed by atoms with E-state index >= 15 is 0 Å². The summed E-state index contributed by atoms with van der Waals surface area (Å²) in [6.07, 6.45) is 13.3. The molecule has 0 amide bonds. The van der Waals surface area contributed by atoms with E-state index in [1.165, 1.54) is 98.9 Å². The maximum Gasteiger partial charge on any atom is 0.159 e. The van der Waals surface area contributed by atoms with Crippen molar-refractivity contribution in [2.24, 2.45) is 0 Å². The van der Waals surface area contributed by atoms with Gasteiger partial charge in [0.15, 0.2) is 5.58 Å². The Balaban J connectivity index is 0.912. The molecule has 14 aromatic rings. The number of hydrogen-bond acceptors (Lipinski definition) is 4. The highest BCUT2D eigenvalue weighted by molar-refractivity contribution is 6.30. The van der Waals surface area contributed by atoms with E-state index in [0.717, 1.165) is 68.9 Å². The minimum Gasteiger partial charge on any atom is -0.458 e. The summed E-state index contributed by atoms with van der Waals surface area (Å²) in [5, 5.41) is 10.9. The number of para-hydroxylation sites is 6. The summed E-state index contributed by atoms with van der Waals surface area (Å²) < 4.78 is 19.6. The number of fused-ring (bicyclic) bond motifs is 18. The van der Waals surface area contributed by atoms with Crippen LogP contribution in [0.25, 0.3) is 105 Å². The molecule has 6 heteroatoms. The van der Waals surface area contributed by atoms with Gasteiger partial charge < -0.3 is 27.6 Å². The molecule has 81 heavy (non-hydrogen) atoms. The first-order valence-electron chi connectivity index (χ1n) is 28.8. The number of hydrogen-bond donors (Lipinski definition) is 0. The van der Waals surface area contributed by atoms with Crippen molar-refractivity contribution in [1.29, 1.82) is 0 Å². The molecule has 0 radical (unpaired) electrons. The van der Waals surface area contributed by atoms with Crippen LogP contribution >= 0.6 is 0 Å². The van der Waals surface area contributed by atoms with Crippen molar-refractivity contribution in [3.63, 3.8) is 0 Å². The molecule has 392 valence electrons. The first-order valence-corrected chi connectivity index (χ1v) is 28.8. The standard InChI is InChI=1S/C75H60N4O2/c1-73(2,3)55-31-18-27-48-50-29-20-34-60(71(50)80-69(48)55)76(44-22-10-8-11-23-44)58-39-37-46-53-43-63-54(42-62(53)78-57-33-15-14-26-52(57)65(58)67(46)78)47-38-40-59(66-68(47)79(63)64-36-16-17-41-75(64,66)7)77(45-24-12-9-13-25-45)61-35-21-30-51-49-28-19-32-56(74(4,5)6)70(49)81-72(51)61/h8-33,35-40,42-43,60H,34,41H2,1-7H3. The second-order valence-corrected chi connectivity index (χ2v) is 25.3. The molecule has 1 aliphatic heterocycles. The van der Waals surface area contributed by atoms with E-state index in [1.807, 2.05) is 0 Å². The van der Waals surface area contributed by atoms with Crippen LogP contribution in [0.1, 0.15) is 95.4 Å². The average Bonchev–Trinajstić information content (AvgIpc) is 1.86. The quantitative estimate of drug-likeness (QED) is 0.166. The maximum absolute atomic E-state index is 7.21. The minimum absolute atomic E-state index is 0.0774. The smallest absolute Gasteiger partial charge is 0.159 e. The van der Waals surface area contributed by atoms with Gasteiger partial charge in [-0.05, 0) is 97.3 Å². The Bertz CT molecular complexity index is 5100. The molecule has 2 atom stereocenters. The zero-order chi connectivity index (χ0) is 54.4. The Morgan fingerprint density at radius 1 is 0.506 bits per heavy atom. The van der Waals surface area contributed by atoms with Gasteiger partial charge in [0.05, 0.1) is 50.7 Å². The number of allylic oxidation sites excluding steroid dienone is 4. The minimum atomic E-state index is -0.319. The van der Waals surface area contributed by atoms with Crippen molar-refractivity contribution in [3.05, 3.63) is 228 Å². The lowest BCUT2D eigenvalue weighted by Crippen LogP contribution is -2.25. The molecule has 0 spiro atoms. The lowest BCUT2D eigenvalue weighted by atomic mass is 9.75. The molecule has 17 rings (SSSR count). The second kappa shape index (κ2) is 16.2. The summed E-state index contributed by atoms with van der Waals surface area (Å²) in [7, 11) is 0. The Hall–Kier alpha value is -9.26. The van der Waals surface area contributed by atoms with Gasteiger partial charge >= 0.3 is 0 Å². The lowest BCUT2D eigenvalue weighted by molar-refractivity contribution is 0.479. The number of furan rings is 2. The van der Waals surface area contributed by atoms with Gasteiger partial charge in [-0.2, -0.15) is 0 Å². The Morgan fingerprint density at radius 3 is 1.88 bits per heavy atom. The highest BCUT2D eigenvalue weighted by Crippen LogP contribution is 2.59. The van der Waals surface area contributed by atoms with Crippen LogP contribution in [0.2, 0.25) is 0 Å². The van der Waals surface area contributed by atoms with E-state index in [9.17, 15) is 0 Å². The van der Waals surface area contributed by atoms with Crippen molar-refractivity contribution >= 4 is 133 Å². The molecule has 0 fully saturated rings. The highest BCUT2D eigenvalue weighted by atomic mass is 16.3. The van der Waals surface area contributed by atoms with E-state index in [0.29, 0.717) is 0 Å². The Kier molecular flexibility index (Phi) is 9.33. The topological polar surface area (TPSA) is 42.1 Å². The summed E-state index contributed by atoms with van der Waals surface area (Å²) in [4.78, 5) is 5.04. The average molecular weight is 1050 g/mol. The Morgan fingerprint density at radius 2 is 1.12 bits per heavy atom. The molecule has 6 nitrogen and oxygen atoms in total. The van der Waals surface area contributed by atoms with Crippen molar-refractivity contribution < 1.29 is 8.83 Å². The monoisotopic (exact) mass is 1050 g/mol. The van der Waals surface area contributed by atoms with E-state index in [1.54, 1.807) is 0 Å². The molecule has 2 aliphatic carbocycles. The second-order valence-electron chi connectivity index (χ2n) is 25.3. The molecular formula is C75H60N4O2. The molecule has 0 saturated heterocycles. The zero-order valence-corrected chi connectivity index (χ0v) is 46.7. The zero-order valence-electron chi connectivity index (χ0n) is 46.7. The number of nitrogens with zero attached hydrogens (tertiary/aromatic N) is 4. The first kappa shape index (κ1) is 46.6. The van der Waals surface area contributed by atoms with Crippen molar-refractivity contribution in [2.45, 2.75) is 83.6 Å². The normalized spacial score (nSPS) is 17.1. The first-order chi connectivity index (χ1) is 39.4. The molecular weight excluding hydrogens is 989 g/mol. The van der Waals surface area contributed by atoms with Crippen LogP contribution in [-0.2, 0) is 16.2 Å². The van der Waals surface area contributed by atoms with E-state index in [-0.39, 0.29) is 22.3 Å². The van der Waals surface area contributed by atoms with Crippen molar-refractivity contribution in [2.75, 3.05) is 9.80 Å². The van der Waals surface area contributed by atoms with Gasteiger partial charge in [-0.15, -0.1) is 0 Å². The van der Waals surface area contributed by atoms with Gasteiger partial charge in [0.2, 0.25) is 0 Å². The lowest BCUT2D eigenvalue weighted by Gasteiger charge is -2.34. The van der Waals surface area contributed by atoms with Gasteiger partial charge in [-0.1, -0.05) is 181 Å². The van der Waals surface area contributed by atoms with Crippen molar-refractivity contribution in [3.8, 4) is 0 Å². The van der Waals surface area contributed by atoms with E-state index in [2.05, 4.69) is 274 Å². The van der Waals surface area contributed by atoms with Gasteiger partial charge in [-0.3, -0.25) is 0 Å². The van der Waals surface area contributed by atoms with Crippen LogP contribution in [0.4, 0.5) is 28.4 Å². The number of aromatic nitrogens is 2. The van der Waals surface area contributed by atoms with Crippen LogP contribution in [0, 0.1) is 0 Å². The molecule has 0 N–H and O–H groups in total. The maximum atomic E-state index is 7.21. The summed E-state index contributed by atoms with van der Waals surface area (Å²) in [6.45, 7) is 16.1. The SMILES string of the molecule is CC(C)(C)c1cccc2c3c(oc12)C(N(c1ccccc1)c1ccc2c4cc5c(cc4n4c6ccccc6c1c24)c1ccc(N(c2ccccc2)c2cccc4c2oc2c(C(C)(C)C)cccc24)c2c1n5C1=CC=CCC12C)CC=C3. The van der Waals surface area contributed by atoms with Gasteiger partial charge in [0, 0.05) is 93.2 Å². The summed E-state index contributed by atoms with van der Waals surface area (Å²) in [5.74, 6) is 1.02. The summed E-state index contributed by atoms with van der Waals surface area (Å²) in [6, 6.07) is 65.4. The third kappa shape index (κ3) is 6.22. The fourth-order valence-electron chi connectivity index (χ4n) is 15.0. The molecule has 0 saturated carbocycles. The molecule has 9 aromatic carbocycles. The fourth-order valence-corrected chi connectivity index (χ4v) is 15.0. The predicted octanol–water partition coefficient (Wildman–Crippen LogP) is 21.0. The molecule has 0 bridgehead atoms.